The molecule has 2 aromatic heterocycles. The Balaban J connectivity index is 0.000000509. The molecule has 0 saturated heterocycles. The molecule has 2 rings (SSSR count). The van der Waals surface area contributed by atoms with Crippen molar-refractivity contribution in [3.8, 4) is 0 Å². The number of hydrogen-bond donors (Lipinski definition) is 1. The topological polar surface area (TPSA) is 176 Å². The predicted octanol–water partition coefficient (Wildman–Crippen LogP) is 3.62. The third kappa shape index (κ3) is 12.7. The summed E-state index contributed by atoms with van der Waals surface area (Å²) in [5.74, 6) is -2.51. The highest BCUT2D eigenvalue weighted by Gasteiger charge is 2.19. The summed E-state index contributed by atoms with van der Waals surface area (Å²) >= 11 is 5.68. The Morgan fingerprint density at radius 2 is 1.59 bits per heavy atom. The van der Waals surface area contributed by atoms with Crippen molar-refractivity contribution in [2.75, 3.05) is 6.54 Å². The Kier molecular flexibility index (Phi) is 14.1. The molecule has 0 aliphatic rings. The summed E-state index contributed by atoms with van der Waals surface area (Å²) in [6.07, 6.45) is 2.90. The molecule has 0 radical (unpaired) electrons. The van der Waals surface area contributed by atoms with Crippen LogP contribution in [0.3, 0.4) is 0 Å². The molecule has 0 fully saturated rings. The van der Waals surface area contributed by atoms with Crippen molar-refractivity contribution >= 4 is 49.9 Å². The number of carbonyl (C=O) groups excluding carboxylic acids is 2. The highest BCUT2D eigenvalue weighted by atomic mass is 79.9. The van der Waals surface area contributed by atoms with Gasteiger partial charge in [-0.15, -0.1) is 0 Å². The molecule has 0 spiro atoms. The fourth-order valence-corrected chi connectivity index (χ4v) is 2.53. The van der Waals surface area contributed by atoms with Gasteiger partial charge in [-0.1, -0.05) is 0 Å². The molecule has 2 aromatic rings. The van der Waals surface area contributed by atoms with Crippen molar-refractivity contribution in [2.24, 2.45) is 0 Å². The number of pyridine rings is 2. The molecule has 0 amide bonds. The van der Waals surface area contributed by atoms with E-state index < -0.39 is 46.1 Å². The first-order chi connectivity index (χ1) is 15.8. The number of esters is 2. The van der Waals surface area contributed by atoms with E-state index in [-0.39, 0.29) is 20.3 Å². The Bertz CT molecular complexity index is 1060. The molecule has 0 aliphatic heterocycles. The quantitative estimate of drug-likeness (QED) is 0.172. The molecule has 12 nitrogen and oxygen atoms in total. The Hall–Kier alpha value is -3.24. The molecule has 0 aromatic carbocycles. The first-order valence-corrected chi connectivity index (χ1v) is 10.2. The van der Waals surface area contributed by atoms with Gasteiger partial charge >= 0.3 is 11.9 Å². The van der Waals surface area contributed by atoms with Gasteiger partial charge in [0.1, 0.15) is 15.3 Å². The van der Waals surface area contributed by atoms with Crippen molar-refractivity contribution in [1.82, 2.24) is 9.97 Å². The van der Waals surface area contributed by atoms with Gasteiger partial charge in [-0.2, -0.15) is 0 Å². The zero-order chi connectivity index (χ0) is 26.4. The molecule has 1 unspecified atom stereocenters. The van der Waals surface area contributed by atoms with E-state index in [1.165, 1.54) is 38.4 Å². The number of aliphatic hydroxyl groups is 1. The minimum Gasteiger partial charge on any atom is -0.394 e. The van der Waals surface area contributed by atoms with Crippen LogP contribution >= 0.6 is 31.9 Å². The summed E-state index contributed by atoms with van der Waals surface area (Å²) in [4.78, 5) is 45.4. The second-order valence-corrected chi connectivity index (χ2v) is 7.23. The number of aliphatic hydroxyl groups excluding tert-OH is 1. The van der Waals surface area contributed by atoms with E-state index in [1.54, 1.807) is 0 Å². The van der Waals surface area contributed by atoms with Gasteiger partial charge in [0.25, 0.3) is 0 Å². The van der Waals surface area contributed by atoms with Gasteiger partial charge in [0.15, 0.2) is 11.6 Å². The van der Waals surface area contributed by atoms with Gasteiger partial charge in [-0.3, -0.25) is 29.8 Å². The third-order valence-corrected chi connectivity index (χ3v) is 4.20. The van der Waals surface area contributed by atoms with E-state index in [1.807, 2.05) is 0 Å². The highest BCUT2D eigenvalue weighted by Crippen LogP contribution is 2.21. The van der Waals surface area contributed by atoms with Gasteiger partial charge in [0, 0.05) is 48.4 Å². The molecular formula is C18H16Br2F2N4O8. The third-order valence-electron chi connectivity index (χ3n) is 3.10. The predicted molar refractivity (Wildman–Crippen MR) is 119 cm³/mol. The largest absolute Gasteiger partial charge is 0.394 e. The van der Waals surface area contributed by atoms with Crippen molar-refractivity contribution in [3.63, 3.8) is 0 Å². The number of nitrogens with zero attached hydrogens (tertiary/aromatic N) is 4. The van der Waals surface area contributed by atoms with Crippen LogP contribution in [0.15, 0.2) is 39.9 Å². The normalized spacial score (nSPS) is 10.8. The SMILES string of the molecule is CC(=O)OC(C)=O.O=[N+]([O-])/C=C/c1ccnc(Br)c1F.O=[N+]([O-])CC(O)c1ccnc(Br)c1F. The van der Waals surface area contributed by atoms with E-state index in [0.717, 1.165) is 6.08 Å². The number of hydrogen-bond acceptors (Lipinski definition) is 10. The minimum atomic E-state index is -1.45. The zero-order valence-corrected chi connectivity index (χ0v) is 20.5. The molecule has 2 heterocycles. The number of carbonyl (C=O) groups is 2. The van der Waals surface area contributed by atoms with E-state index in [4.69, 9.17) is 0 Å². The molecule has 1 N–H and O–H groups in total. The van der Waals surface area contributed by atoms with Crippen molar-refractivity contribution in [1.29, 1.82) is 0 Å². The summed E-state index contributed by atoms with van der Waals surface area (Å²) in [6, 6.07) is 2.55. The van der Waals surface area contributed by atoms with Crippen molar-refractivity contribution in [3.05, 3.63) is 82.9 Å². The second kappa shape index (κ2) is 15.6. The minimum absolute atomic E-state index is 0.0398. The van der Waals surface area contributed by atoms with Gasteiger partial charge in [0.2, 0.25) is 12.7 Å². The number of rotatable bonds is 5. The molecule has 0 saturated carbocycles. The summed E-state index contributed by atoms with van der Waals surface area (Å²) < 4.78 is 30.2. The lowest BCUT2D eigenvalue weighted by molar-refractivity contribution is -0.491. The fraction of sp³-hybridized carbons (Fsp3) is 0.222. The maximum atomic E-state index is 13.2. The average molecular weight is 614 g/mol. The van der Waals surface area contributed by atoms with Crippen molar-refractivity contribution < 1.29 is 38.1 Å². The van der Waals surface area contributed by atoms with Crippen LogP contribution in [0.25, 0.3) is 6.08 Å². The Morgan fingerprint density at radius 3 is 2.03 bits per heavy atom. The lowest BCUT2D eigenvalue weighted by atomic mass is 10.1. The number of aromatic nitrogens is 2. The first-order valence-electron chi connectivity index (χ1n) is 8.66. The Morgan fingerprint density at radius 1 is 1.09 bits per heavy atom. The van der Waals surface area contributed by atoms with Gasteiger partial charge in [-0.05, 0) is 44.0 Å². The van der Waals surface area contributed by atoms with Crippen LogP contribution in [-0.4, -0.2) is 43.4 Å². The first kappa shape index (κ1) is 30.8. The standard InChI is InChI=1S/C7H6BrFN2O3.C7H4BrFN2O2.C4H6O3/c8-7-6(9)4(1-2-10-7)5(12)3-11(13)14;8-7-6(9)5(1-3-10-7)2-4-11(12)13;1-3(5)7-4(2)6/h1-2,5,12H,3H2;1-4H;1-2H3/b;4-2+;. The van der Waals surface area contributed by atoms with Crippen LogP contribution in [0.4, 0.5) is 8.78 Å². The van der Waals surface area contributed by atoms with Gasteiger partial charge < -0.3 is 9.84 Å². The fourth-order valence-electron chi connectivity index (χ4n) is 1.83. The molecule has 34 heavy (non-hydrogen) atoms. The smallest absolute Gasteiger partial charge is 0.310 e. The number of ether oxygens (including phenoxy) is 1. The van der Waals surface area contributed by atoms with Crippen LogP contribution in [0.5, 0.6) is 0 Å². The van der Waals surface area contributed by atoms with E-state index >= 15 is 0 Å². The van der Waals surface area contributed by atoms with Crippen LogP contribution < -0.4 is 0 Å². The maximum Gasteiger partial charge on any atom is 0.310 e. The van der Waals surface area contributed by atoms with E-state index in [0.29, 0.717) is 6.20 Å². The molecule has 184 valence electrons. The molecule has 1 atom stereocenters. The summed E-state index contributed by atoms with van der Waals surface area (Å²) in [5.41, 5.74) is -0.0119. The molecule has 16 heteroatoms. The van der Waals surface area contributed by atoms with Crippen LogP contribution in [0.1, 0.15) is 31.1 Å². The highest BCUT2D eigenvalue weighted by molar-refractivity contribution is 9.10. The molecule has 0 aliphatic carbocycles. The van der Waals surface area contributed by atoms with Gasteiger partial charge in [0.05, 0.1) is 4.92 Å². The molecule has 0 bridgehead atoms. The average Bonchev–Trinajstić information content (AvgIpc) is 2.70. The van der Waals surface area contributed by atoms with Crippen LogP contribution in [0, 0.1) is 31.9 Å². The maximum absolute atomic E-state index is 13.2. The monoisotopic (exact) mass is 612 g/mol. The van der Waals surface area contributed by atoms with Crippen molar-refractivity contribution in [2.45, 2.75) is 20.0 Å². The van der Waals surface area contributed by atoms with Crippen LogP contribution in [0.2, 0.25) is 0 Å². The number of halogens is 4. The summed E-state index contributed by atoms with van der Waals surface area (Å²) in [6.45, 7) is 1.64. The van der Waals surface area contributed by atoms with E-state index in [9.17, 15) is 43.7 Å². The lowest BCUT2D eigenvalue weighted by Crippen LogP contribution is -2.13. The lowest BCUT2D eigenvalue weighted by Gasteiger charge is -2.07. The second-order valence-electron chi connectivity index (χ2n) is 5.73. The summed E-state index contributed by atoms with van der Waals surface area (Å²) in [5, 5.41) is 29.3. The van der Waals surface area contributed by atoms with Crippen LogP contribution in [-0.2, 0) is 14.3 Å². The Labute approximate surface area is 207 Å². The van der Waals surface area contributed by atoms with E-state index in [2.05, 4.69) is 46.6 Å². The molecular weight excluding hydrogens is 598 g/mol. The van der Waals surface area contributed by atoms with Gasteiger partial charge in [-0.25, -0.2) is 18.7 Å². The number of nitro groups is 2. The zero-order valence-electron chi connectivity index (χ0n) is 17.4. The summed E-state index contributed by atoms with van der Waals surface area (Å²) in [7, 11) is 0.